The van der Waals surface area contributed by atoms with Crippen molar-refractivity contribution in [2.24, 2.45) is 0 Å². The highest BCUT2D eigenvalue weighted by Crippen LogP contribution is 2.35. The first kappa shape index (κ1) is 13.4. The van der Waals surface area contributed by atoms with E-state index < -0.39 is 24.0 Å². The maximum absolute atomic E-state index is 12.6. The average molecular weight is 252 g/mol. The van der Waals surface area contributed by atoms with Gasteiger partial charge in [0.15, 0.2) is 0 Å². The molecule has 5 nitrogen and oxygen atoms in total. The number of hydrazine groups is 1. The van der Waals surface area contributed by atoms with Crippen LogP contribution in [0.25, 0.3) is 0 Å². The molecule has 1 heterocycles. The Hall–Kier alpha value is -1.69. The van der Waals surface area contributed by atoms with E-state index in [4.69, 9.17) is 0 Å². The van der Waals surface area contributed by atoms with Gasteiger partial charge in [0.1, 0.15) is 12.1 Å². The van der Waals surface area contributed by atoms with Crippen molar-refractivity contribution in [1.29, 1.82) is 0 Å². The van der Waals surface area contributed by atoms with E-state index in [1.54, 1.807) is 0 Å². The molecule has 0 aliphatic carbocycles. The number of halogens is 3. The highest BCUT2D eigenvalue weighted by molar-refractivity contribution is 5.70. The molecule has 1 aliphatic rings. The van der Waals surface area contributed by atoms with E-state index in [0.29, 0.717) is 11.2 Å². The molecule has 1 aliphatic heterocycles. The summed E-state index contributed by atoms with van der Waals surface area (Å²) >= 11 is 0. The number of carbonyl (C=O) groups excluding carboxylic acids is 2. The monoisotopic (exact) mass is 252 g/mol. The Bertz CT molecular complexity index is 369. The van der Waals surface area contributed by atoms with Crippen molar-refractivity contribution in [2.75, 3.05) is 0 Å². The molecule has 0 saturated carbocycles. The van der Waals surface area contributed by atoms with Crippen LogP contribution in [0.3, 0.4) is 0 Å². The molecule has 1 fully saturated rings. The Morgan fingerprint density at radius 3 is 2.24 bits per heavy atom. The molecule has 1 amide bonds. The molecule has 96 valence electrons. The Balaban J connectivity index is 3.17. The van der Waals surface area contributed by atoms with Crippen LogP contribution in [0.15, 0.2) is 6.20 Å². The normalized spacial score (nSPS) is 21.3. The van der Waals surface area contributed by atoms with Gasteiger partial charge in [0.25, 0.3) is 6.23 Å². The number of hydrogen-bond acceptors (Lipinski definition) is 4. The summed E-state index contributed by atoms with van der Waals surface area (Å²) in [5, 5.41) is 1.12. The van der Waals surface area contributed by atoms with Gasteiger partial charge < -0.3 is 4.74 Å². The quantitative estimate of drug-likeness (QED) is 0.666. The molecule has 0 aromatic heterocycles. The molecular weight excluding hydrogens is 241 g/mol. The van der Waals surface area contributed by atoms with E-state index >= 15 is 0 Å². The number of alkyl halides is 3. The van der Waals surface area contributed by atoms with Gasteiger partial charge in [-0.1, -0.05) is 0 Å². The molecule has 1 rings (SSSR count). The van der Waals surface area contributed by atoms with Gasteiger partial charge in [-0.05, 0) is 20.8 Å². The maximum Gasteiger partial charge on any atom is 0.447 e. The first-order valence-electron chi connectivity index (χ1n) is 4.66. The summed E-state index contributed by atoms with van der Waals surface area (Å²) in [6, 6.07) is 0. The third kappa shape index (κ3) is 2.52. The van der Waals surface area contributed by atoms with Crippen molar-refractivity contribution >= 4 is 12.0 Å². The van der Waals surface area contributed by atoms with Crippen molar-refractivity contribution in [1.82, 2.24) is 10.0 Å². The SMILES string of the molecule is CC(C)(C)N1C(=O)OC(C(F)(F)F)N1C=C=O. The summed E-state index contributed by atoms with van der Waals surface area (Å²) in [5.41, 5.74) is -0.954. The number of amides is 1. The second-order valence-electron chi connectivity index (χ2n) is 4.39. The lowest BCUT2D eigenvalue weighted by molar-refractivity contribution is -0.239. The number of carbonyl (C=O) groups is 1. The van der Waals surface area contributed by atoms with Crippen LogP contribution >= 0.6 is 0 Å². The Labute approximate surface area is 95.4 Å². The van der Waals surface area contributed by atoms with E-state index in [1.165, 1.54) is 26.7 Å². The van der Waals surface area contributed by atoms with Crippen LogP contribution in [0.5, 0.6) is 0 Å². The Morgan fingerprint density at radius 2 is 1.88 bits per heavy atom. The van der Waals surface area contributed by atoms with Crippen molar-refractivity contribution < 1.29 is 27.5 Å². The van der Waals surface area contributed by atoms with Crippen LogP contribution in [-0.4, -0.2) is 40.0 Å². The molecule has 0 radical (unpaired) electrons. The summed E-state index contributed by atoms with van der Waals surface area (Å²) in [7, 11) is 0. The lowest BCUT2D eigenvalue weighted by Crippen LogP contribution is -2.52. The molecule has 17 heavy (non-hydrogen) atoms. The topological polar surface area (TPSA) is 49.9 Å². The predicted octanol–water partition coefficient (Wildman–Crippen LogP) is 1.69. The van der Waals surface area contributed by atoms with Gasteiger partial charge in [0.05, 0.1) is 5.54 Å². The number of hydrogen-bond donors (Lipinski definition) is 0. The number of ether oxygens (including phenoxy) is 1. The smallest absolute Gasteiger partial charge is 0.412 e. The largest absolute Gasteiger partial charge is 0.447 e. The van der Waals surface area contributed by atoms with Gasteiger partial charge >= 0.3 is 12.3 Å². The van der Waals surface area contributed by atoms with Crippen LogP contribution in [0.1, 0.15) is 20.8 Å². The highest BCUT2D eigenvalue weighted by Gasteiger charge is 2.56. The summed E-state index contributed by atoms with van der Waals surface area (Å²) in [4.78, 5) is 21.6. The molecule has 1 saturated heterocycles. The molecule has 0 bridgehead atoms. The lowest BCUT2D eigenvalue weighted by atomic mass is 10.1. The second kappa shape index (κ2) is 3.96. The second-order valence-corrected chi connectivity index (χ2v) is 4.39. The van der Waals surface area contributed by atoms with E-state index in [9.17, 15) is 22.8 Å². The van der Waals surface area contributed by atoms with Crippen LogP contribution in [-0.2, 0) is 9.53 Å². The molecule has 1 atom stereocenters. The molecule has 0 aromatic carbocycles. The third-order valence-corrected chi connectivity index (χ3v) is 1.96. The zero-order valence-electron chi connectivity index (χ0n) is 9.41. The van der Waals surface area contributed by atoms with Crippen molar-refractivity contribution in [3.63, 3.8) is 0 Å². The summed E-state index contributed by atoms with van der Waals surface area (Å²) < 4.78 is 41.9. The fraction of sp³-hybridized carbons (Fsp3) is 0.667. The number of nitrogens with zero attached hydrogens (tertiary/aromatic N) is 2. The van der Waals surface area contributed by atoms with Gasteiger partial charge in [0, 0.05) is 0 Å². The van der Waals surface area contributed by atoms with E-state index in [2.05, 4.69) is 4.74 Å². The van der Waals surface area contributed by atoms with Crippen LogP contribution in [0.4, 0.5) is 18.0 Å². The zero-order valence-corrected chi connectivity index (χ0v) is 9.41. The number of rotatable bonds is 1. The van der Waals surface area contributed by atoms with Crippen LogP contribution < -0.4 is 0 Å². The van der Waals surface area contributed by atoms with Crippen molar-refractivity contribution in [2.45, 2.75) is 38.7 Å². The average Bonchev–Trinajstić information content (AvgIpc) is 2.41. The van der Waals surface area contributed by atoms with Gasteiger partial charge in [0.2, 0.25) is 0 Å². The van der Waals surface area contributed by atoms with Gasteiger partial charge in [-0.25, -0.2) is 19.6 Å². The fourth-order valence-corrected chi connectivity index (χ4v) is 1.42. The minimum atomic E-state index is -4.79. The van der Waals surface area contributed by atoms with Crippen LogP contribution in [0, 0.1) is 0 Å². The zero-order chi connectivity index (χ0) is 13.4. The Kier molecular flexibility index (Phi) is 3.11. The minimum Gasteiger partial charge on any atom is -0.412 e. The van der Waals surface area contributed by atoms with Gasteiger partial charge in [-0.2, -0.15) is 13.2 Å². The predicted molar refractivity (Wildman–Crippen MR) is 50.0 cm³/mol. The summed E-state index contributed by atoms with van der Waals surface area (Å²) in [6.07, 6.45) is -7.95. The lowest BCUT2D eigenvalue weighted by Gasteiger charge is -2.35. The molecule has 0 N–H and O–H groups in total. The molecule has 0 aromatic rings. The van der Waals surface area contributed by atoms with Crippen molar-refractivity contribution in [3.05, 3.63) is 6.20 Å². The van der Waals surface area contributed by atoms with Gasteiger partial charge in [-0.15, -0.1) is 0 Å². The summed E-state index contributed by atoms with van der Waals surface area (Å²) in [5.74, 6) is 1.21. The number of cyclic esters (lactones) is 1. The van der Waals surface area contributed by atoms with Crippen molar-refractivity contribution in [3.8, 4) is 0 Å². The molecule has 0 spiro atoms. The first-order chi connectivity index (χ1) is 7.59. The first-order valence-corrected chi connectivity index (χ1v) is 4.66. The maximum atomic E-state index is 12.6. The highest BCUT2D eigenvalue weighted by atomic mass is 19.4. The summed E-state index contributed by atoms with van der Waals surface area (Å²) in [6.45, 7) is 4.54. The van der Waals surface area contributed by atoms with E-state index in [1.807, 2.05) is 0 Å². The molecule has 1 unspecified atom stereocenters. The van der Waals surface area contributed by atoms with E-state index in [0.717, 1.165) is 5.01 Å². The fourth-order valence-electron chi connectivity index (χ4n) is 1.42. The van der Waals surface area contributed by atoms with E-state index in [-0.39, 0.29) is 0 Å². The standard InChI is InChI=1S/C9H11F3N2O3/c1-8(2,3)14-7(16)17-6(9(10,11)12)13(14)4-5-15/h4,6H,1-3H3. The third-order valence-electron chi connectivity index (χ3n) is 1.96. The minimum absolute atomic E-state index is 0.398. The molecule has 8 heteroatoms. The Morgan fingerprint density at radius 1 is 1.35 bits per heavy atom. The van der Waals surface area contributed by atoms with Gasteiger partial charge in [-0.3, -0.25) is 0 Å². The van der Waals surface area contributed by atoms with Crippen LogP contribution in [0.2, 0.25) is 0 Å². The molecular formula is C9H11F3N2O3.